The molecule has 178 valence electrons. The molecule has 33 heavy (non-hydrogen) atoms. The second-order valence-corrected chi connectivity index (χ2v) is 8.97. The molecule has 0 radical (unpaired) electrons. The number of hydrogen-bond acceptors (Lipinski definition) is 6. The number of benzene rings is 2. The van der Waals surface area contributed by atoms with Gasteiger partial charge >= 0.3 is 6.18 Å². The van der Waals surface area contributed by atoms with Crippen LogP contribution in [0.1, 0.15) is 55.3 Å². The Labute approximate surface area is 193 Å². The van der Waals surface area contributed by atoms with E-state index in [9.17, 15) is 22.7 Å². The fourth-order valence-corrected chi connectivity index (χ4v) is 4.03. The summed E-state index contributed by atoms with van der Waals surface area (Å²) in [6, 6.07) is 9.26. The number of ether oxygens (including phenoxy) is 1. The average Bonchev–Trinajstić information content (AvgIpc) is 3.28. The summed E-state index contributed by atoms with van der Waals surface area (Å²) >= 11 is 1.02. The number of halogens is 4. The van der Waals surface area contributed by atoms with Gasteiger partial charge in [0.1, 0.15) is 27.7 Å². The van der Waals surface area contributed by atoms with Gasteiger partial charge in [-0.05, 0) is 55.7 Å². The maximum Gasteiger partial charge on any atom is 0.419 e. The summed E-state index contributed by atoms with van der Waals surface area (Å²) in [6.07, 6.45) is -3.29. The van der Waals surface area contributed by atoms with E-state index in [1.807, 2.05) is 6.92 Å². The SMILES string of the molecule is CCCC[C@H](Oc1ccc(-c2nnc([C@@](C)(N)CO)s2)cc1C(F)(F)F)c1ccc(F)cc1. The van der Waals surface area contributed by atoms with Crippen molar-refractivity contribution in [2.45, 2.75) is 50.9 Å². The fourth-order valence-electron chi connectivity index (χ4n) is 3.14. The molecule has 0 saturated heterocycles. The summed E-state index contributed by atoms with van der Waals surface area (Å²) in [6.45, 7) is 3.14. The fraction of sp³-hybridized carbons (Fsp3) is 0.391. The van der Waals surface area contributed by atoms with Crippen LogP contribution in [0.2, 0.25) is 0 Å². The second-order valence-electron chi connectivity index (χ2n) is 8.00. The molecule has 1 heterocycles. The van der Waals surface area contributed by atoms with Crippen LogP contribution in [-0.2, 0) is 11.7 Å². The summed E-state index contributed by atoms with van der Waals surface area (Å²) in [4.78, 5) is 0. The van der Waals surface area contributed by atoms with E-state index in [4.69, 9.17) is 10.5 Å². The van der Waals surface area contributed by atoms with Crippen LogP contribution in [0.15, 0.2) is 42.5 Å². The van der Waals surface area contributed by atoms with E-state index in [2.05, 4.69) is 10.2 Å². The molecule has 0 aliphatic rings. The molecule has 5 nitrogen and oxygen atoms in total. The van der Waals surface area contributed by atoms with Crippen LogP contribution in [0, 0.1) is 5.82 Å². The van der Waals surface area contributed by atoms with Crippen molar-refractivity contribution in [2.24, 2.45) is 5.73 Å². The highest BCUT2D eigenvalue weighted by Gasteiger charge is 2.36. The Hall–Kier alpha value is -2.56. The first-order chi connectivity index (χ1) is 15.5. The van der Waals surface area contributed by atoms with Gasteiger partial charge in [-0.3, -0.25) is 0 Å². The minimum Gasteiger partial charge on any atom is -0.485 e. The molecule has 0 unspecified atom stereocenters. The van der Waals surface area contributed by atoms with Crippen LogP contribution in [0.5, 0.6) is 5.75 Å². The van der Waals surface area contributed by atoms with Gasteiger partial charge in [0.05, 0.1) is 17.7 Å². The zero-order chi connectivity index (χ0) is 24.2. The molecule has 3 aromatic rings. The zero-order valence-electron chi connectivity index (χ0n) is 18.2. The highest BCUT2D eigenvalue weighted by atomic mass is 32.1. The number of rotatable bonds is 9. The molecule has 0 fully saturated rings. The van der Waals surface area contributed by atoms with Crippen molar-refractivity contribution in [1.82, 2.24) is 10.2 Å². The molecule has 2 atom stereocenters. The predicted molar refractivity (Wildman–Crippen MR) is 118 cm³/mol. The van der Waals surface area contributed by atoms with E-state index in [1.165, 1.54) is 36.4 Å². The van der Waals surface area contributed by atoms with Gasteiger partial charge in [0, 0.05) is 5.56 Å². The topological polar surface area (TPSA) is 81.3 Å². The highest BCUT2D eigenvalue weighted by molar-refractivity contribution is 7.14. The van der Waals surface area contributed by atoms with E-state index in [0.29, 0.717) is 17.0 Å². The first-order valence-corrected chi connectivity index (χ1v) is 11.2. The van der Waals surface area contributed by atoms with Gasteiger partial charge in [0.25, 0.3) is 0 Å². The minimum absolute atomic E-state index is 0.207. The lowest BCUT2D eigenvalue weighted by Gasteiger charge is -2.22. The summed E-state index contributed by atoms with van der Waals surface area (Å²) < 4.78 is 61.0. The zero-order valence-corrected chi connectivity index (χ0v) is 19.0. The summed E-state index contributed by atoms with van der Waals surface area (Å²) in [5.74, 6) is -0.750. The van der Waals surface area contributed by atoms with Gasteiger partial charge in [-0.2, -0.15) is 13.2 Å². The van der Waals surface area contributed by atoms with Gasteiger partial charge in [0.15, 0.2) is 0 Å². The van der Waals surface area contributed by atoms with Crippen LogP contribution in [0.4, 0.5) is 17.6 Å². The molecule has 10 heteroatoms. The lowest BCUT2D eigenvalue weighted by molar-refractivity contribution is -0.139. The van der Waals surface area contributed by atoms with Crippen LogP contribution < -0.4 is 10.5 Å². The summed E-state index contributed by atoms with van der Waals surface area (Å²) in [7, 11) is 0. The van der Waals surface area contributed by atoms with Crippen molar-refractivity contribution >= 4 is 11.3 Å². The molecular formula is C23H25F4N3O2S. The van der Waals surface area contributed by atoms with Crippen molar-refractivity contribution in [3.63, 3.8) is 0 Å². The van der Waals surface area contributed by atoms with Crippen LogP contribution >= 0.6 is 11.3 Å². The third-order valence-corrected chi connectivity index (χ3v) is 6.36. The lowest BCUT2D eigenvalue weighted by Crippen LogP contribution is -2.36. The summed E-state index contributed by atoms with van der Waals surface area (Å²) in [5, 5.41) is 17.8. The van der Waals surface area contributed by atoms with Gasteiger partial charge in [-0.15, -0.1) is 10.2 Å². The molecule has 0 saturated carbocycles. The van der Waals surface area contributed by atoms with Gasteiger partial charge < -0.3 is 15.6 Å². The van der Waals surface area contributed by atoms with E-state index in [-0.39, 0.29) is 22.9 Å². The molecule has 3 rings (SSSR count). The van der Waals surface area contributed by atoms with Crippen molar-refractivity contribution in [3.8, 4) is 16.3 Å². The Morgan fingerprint density at radius 3 is 2.42 bits per heavy atom. The Kier molecular flexibility index (Phi) is 7.71. The van der Waals surface area contributed by atoms with Crippen molar-refractivity contribution in [3.05, 3.63) is 64.4 Å². The second kappa shape index (κ2) is 10.1. The van der Waals surface area contributed by atoms with Crippen molar-refractivity contribution in [1.29, 1.82) is 0 Å². The van der Waals surface area contributed by atoms with E-state index in [0.717, 1.165) is 30.2 Å². The number of aliphatic hydroxyl groups excluding tert-OH is 1. The Morgan fingerprint density at radius 1 is 1.12 bits per heavy atom. The van der Waals surface area contributed by atoms with Crippen molar-refractivity contribution < 1.29 is 27.4 Å². The molecule has 0 amide bonds. The Bertz CT molecular complexity index is 1070. The molecule has 2 aromatic carbocycles. The first kappa shape index (κ1) is 25.1. The quantitative estimate of drug-likeness (QED) is 0.374. The molecule has 0 aliphatic carbocycles. The van der Waals surface area contributed by atoms with E-state index >= 15 is 0 Å². The highest BCUT2D eigenvalue weighted by Crippen LogP contribution is 2.41. The largest absolute Gasteiger partial charge is 0.485 e. The molecular weight excluding hydrogens is 458 g/mol. The van der Waals surface area contributed by atoms with Crippen LogP contribution in [-0.4, -0.2) is 21.9 Å². The number of hydrogen-bond donors (Lipinski definition) is 2. The average molecular weight is 484 g/mol. The first-order valence-electron chi connectivity index (χ1n) is 10.4. The number of unbranched alkanes of at least 4 members (excludes halogenated alkanes) is 1. The molecule has 0 spiro atoms. The predicted octanol–water partition coefficient (Wildman–Crippen LogP) is 5.84. The van der Waals surface area contributed by atoms with E-state index in [1.54, 1.807) is 6.92 Å². The van der Waals surface area contributed by atoms with Gasteiger partial charge in [-0.1, -0.05) is 36.8 Å². The molecule has 0 aliphatic heterocycles. The monoisotopic (exact) mass is 483 g/mol. The lowest BCUT2D eigenvalue weighted by atomic mass is 10.0. The standard InChI is InChI=1S/C23H25F4N3O2S/c1-3-4-5-18(14-6-9-16(24)10-7-14)32-19-11-8-15(12-17(19)23(25,26)27)20-29-30-21(33-20)22(2,28)13-31/h6-12,18,31H,3-5,13,28H2,1-2H3/t18-,22-/m0/s1. The Balaban J connectivity index is 1.97. The molecule has 1 aromatic heterocycles. The number of aliphatic hydroxyl groups is 1. The minimum atomic E-state index is -4.68. The van der Waals surface area contributed by atoms with Crippen LogP contribution in [0.25, 0.3) is 10.6 Å². The van der Waals surface area contributed by atoms with Gasteiger partial charge in [-0.25, -0.2) is 4.39 Å². The van der Waals surface area contributed by atoms with Gasteiger partial charge in [0.2, 0.25) is 0 Å². The number of aromatic nitrogens is 2. The number of alkyl halides is 3. The maximum absolute atomic E-state index is 13.9. The summed E-state index contributed by atoms with van der Waals surface area (Å²) in [5.41, 5.74) is 4.66. The Morgan fingerprint density at radius 2 is 1.82 bits per heavy atom. The van der Waals surface area contributed by atoms with Crippen molar-refractivity contribution in [2.75, 3.05) is 6.61 Å². The van der Waals surface area contributed by atoms with Crippen LogP contribution in [0.3, 0.4) is 0 Å². The molecule has 0 bridgehead atoms. The smallest absolute Gasteiger partial charge is 0.419 e. The number of nitrogens with zero attached hydrogens (tertiary/aromatic N) is 2. The molecule has 3 N–H and O–H groups in total. The normalized spacial score (nSPS) is 14.7. The third kappa shape index (κ3) is 6.07. The maximum atomic E-state index is 13.9. The number of nitrogens with two attached hydrogens (primary N) is 1. The third-order valence-electron chi connectivity index (χ3n) is 5.10. The van der Waals surface area contributed by atoms with E-state index < -0.39 is 29.2 Å².